The van der Waals surface area contributed by atoms with Crippen molar-refractivity contribution in [1.82, 2.24) is 10.5 Å². The Morgan fingerprint density at radius 1 is 1.27 bits per heavy atom. The van der Waals surface area contributed by atoms with Crippen LogP contribution in [0.4, 0.5) is 0 Å². The number of aryl methyl sites for hydroxylation is 1. The highest BCUT2D eigenvalue weighted by Crippen LogP contribution is 2.24. The predicted octanol–water partition coefficient (Wildman–Crippen LogP) is 2.62. The molecule has 7 nitrogen and oxygen atoms in total. The van der Waals surface area contributed by atoms with Gasteiger partial charge in [0.25, 0.3) is 5.91 Å². The summed E-state index contributed by atoms with van der Waals surface area (Å²) in [7, 11) is 1.49. The van der Waals surface area contributed by atoms with E-state index in [-0.39, 0.29) is 11.5 Å². The van der Waals surface area contributed by atoms with Crippen LogP contribution in [0.2, 0.25) is 0 Å². The van der Waals surface area contributed by atoms with Gasteiger partial charge in [-0.1, -0.05) is 17.6 Å². The fourth-order valence-corrected chi connectivity index (χ4v) is 3.22. The number of carbonyl (C=O) groups is 2. The number of carboxylic acids is 1. The summed E-state index contributed by atoms with van der Waals surface area (Å²) in [6.45, 7) is 0.392. The molecular weight excluding hydrogens is 336 g/mol. The molecule has 1 heterocycles. The van der Waals surface area contributed by atoms with Gasteiger partial charge in [-0.25, -0.2) is 4.79 Å². The van der Waals surface area contributed by atoms with E-state index in [9.17, 15) is 9.59 Å². The smallest absolute Gasteiger partial charge is 0.335 e. The number of aromatic carboxylic acids is 1. The number of carbonyl (C=O) groups excluding carboxylic acids is 1. The van der Waals surface area contributed by atoms with Gasteiger partial charge in [0.05, 0.1) is 12.7 Å². The summed E-state index contributed by atoms with van der Waals surface area (Å²) in [5, 5.41) is 15.9. The van der Waals surface area contributed by atoms with Crippen LogP contribution in [-0.4, -0.2) is 35.8 Å². The van der Waals surface area contributed by atoms with E-state index in [2.05, 4.69) is 10.5 Å². The molecular formula is C19H22N2O5. The molecule has 26 heavy (non-hydrogen) atoms. The molecule has 0 aliphatic heterocycles. The number of amides is 1. The first-order valence-electron chi connectivity index (χ1n) is 8.76. The average Bonchev–Trinajstić information content (AvgIpc) is 2.90. The summed E-state index contributed by atoms with van der Waals surface area (Å²) in [5.41, 5.74) is 2.31. The molecule has 3 rings (SSSR count). The first-order valence-corrected chi connectivity index (χ1v) is 8.76. The summed E-state index contributed by atoms with van der Waals surface area (Å²) < 4.78 is 10.6. The zero-order chi connectivity index (χ0) is 18.5. The van der Waals surface area contributed by atoms with Gasteiger partial charge >= 0.3 is 5.97 Å². The Morgan fingerprint density at radius 2 is 2.08 bits per heavy atom. The molecule has 1 amide bonds. The molecule has 1 aliphatic carbocycles. The Morgan fingerprint density at radius 3 is 2.85 bits per heavy atom. The molecule has 1 aromatic carbocycles. The lowest BCUT2D eigenvalue weighted by Gasteiger charge is -2.10. The molecule has 0 saturated heterocycles. The maximum atomic E-state index is 12.4. The second-order valence-electron chi connectivity index (χ2n) is 6.33. The third-order valence-electron chi connectivity index (χ3n) is 4.63. The fraction of sp³-hybridized carbons (Fsp3) is 0.421. The second kappa shape index (κ2) is 8.03. The molecule has 0 atom stereocenters. The van der Waals surface area contributed by atoms with E-state index in [4.69, 9.17) is 14.4 Å². The van der Waals surface area contributed by atoms with Crippen LogP contribution >= 0.6 is 0 Å². The van der Waals surface area contributed by atoms with Crippen molar-refractivity contribution in [2.24, 2.45) is 0 Å². The molecule has 138 valence electrons. The van der Waals surface area contributed by atoms with Gasteiger partial charge in [0.1, 0.15) is 11.5 Å². The van der Waals surface area contributed by atoms with E-state index >= 15 is 0 Å². The Labute approximate surface area is 151 Å². The molecule has 0 unspecified atom stereocenters. The lowest BCUT2D eigenvalue weighted by atomic mass is 10.1. The van der Waals surface area contributed by atoms with Crippen LogP contribution in [0.25, 0.3) is 0 Å². The number of rotatable bonds is 6. The zero-order valence-corrected chi connectivity index (χ0v) is 14.7. The van der Waals surface area contributed by atoms with Gasteiger partial charge in [-0.05, 0) is 43.4 Å². The van der Waals surface area contributed by atoms with Gasteiger partial charge in [-0.15, -0.1) is 0 Å². The Hall–Kier alpha value is -2.83. The second-order valence-corrected chi connectivity index (χ2v) is 6.33. The Kier molecular flexibility index (Phi) is 5.55. The van der Waals surface area contributed by atoms with Gasteiger partial charge < -0.3 is 19.7 Å². The Balaban J connectivity index is 1.62. The Bertz CT molecular complexity index is 812. The van der Waals surface area contributed by atoms with E-state index in [0.29, 0.717) is 24.4 Å². The van der Waals surface area contributed by atoms with Crippen molar-refractivity contribution in [2.45, 2.75) is 38.5 Å². The summed E-state index contributed by atoms with van der Waals surface area (Å²) in [6, 6.07) is 4.72. The highest BCUT2D eigenvalue weighted by atomic mass is 16.5. The van der Waals surface area contributed by atoms with Gasteiger partial charge in [0, 0.05) is 18.5 Å². The number of methoxy groups -OCH3 is 1. The van der Waals surface area contributed by atoms with Gasteiger partial charge in [-0.2, -0.15) is 0 Å². The van der Waals surface area contributed by atoms with Crippen LogP contribution in [0.1, 0.15) is 57.0 Å². The first-order chi connectivity index (χ1) is 12.6. The van der Waals surface area contributed by atoms with Crippen molar-refractivity contribution in [3.63, 3.8) is 0 Å². The number of nitrogens with one attached hydrogen (secondary N) is 1. The fourth-order valence-electron chi connectivity index (χ4n) is 3.22. The quantitative estimate of drug-likeness (QED) is 0.770. The molecule has 7 heteroatoms. The molecule has 1 aromatic heterocycles. The lowest BCUT2D eigenvalue weighted by molar-refractivity contribution is 0.0696. The third kappa shape index (κ3) is 3.87. The van der Waals surface area contributed by atoms with Gasteiger partial charge in [-0.3, -0.25) is 4.79 Å². The average molecular weight is 358 g/mol. The third-order valence-corrected chi connectivity index (χ3v) is 4.63. The topological polar surface area (TPSA) is 102 Å². The lowest BCUT2D eigenvalue weighted by Crippen LogP contribution is -2.27. The molecule has 0 bridgehead atoms. The van der Waals surface area contributed by atoms with Crippen LogP contribution in [-0.2, 0) is 19.3 Å². The van der Waals surface area contributed by atoms with E-state index < -0.39 is 5.97 Å². The number of benzene rings is 1. The number of ether oxygens (including phenoxy) is 1. The minimum absolute atomic E-state index is 0.167. The van der Waals surface area contributed by atoms with Gasteiger partial charge in [0.15, 0.2) is 5.69 Å². The predicted molar refractivity (Wildman–Crippen MR) is 93.8 cm³/mol. The number of fused-ring (bicyclic) bond motifs is 1. The van der Waals surface area contributed by atoms with Crippen molar-refractivity contribution in [2.75, 3.05) is 13.7 Å². The van der Waals surface area contributed by atoms with Crippen LogP contribution in [0.15, 0.2) is 22.7 Å². The number of aromatic nitrogens is 1. The summed E-state index contributed by atoms with van der Waals surface area (Å²) in [4.78, 5) is 23.5. The van der Waals surface area contributed by atoms with Crippen molar-refractivity contribution in [1.29, 1.82) is 0 Å². The van der Waals surface area contributed by atoms with E-state index in [0.717, 1.165) is 49.0 Å². The molecule has 0 radical (unpaired) electrons. The molecule has 2 N–H and O–H groups in total. The number of carboxylic acid groups (broad SMARTS) is 1. The summed E-state index contributed by atoms with van der Waals surface area (Å²) in [6.07, 6.45) is 5.43. The van der Waals surface area contributed by atoms with E-state index in [1.54, 1.807) is 6.07 Å². The highest BCUT2D eigenvalue weighted by Gasteiger charge is 2.22. The van der Waals surface area contributed by atoms with Crippen molar-refractivity contribution in [3.8, 4) is 5.75 Å². The van der Waals surface area contributed by atoms with Crippen LogP contribution in [0.5, 0.6) is 5.75 Å². The molecule has 0 saturated carbocycles. The molecule has 1 aliphatic rings. The number of nitrogens with zero attached hydrogens (tertiary/aromatic N) is 1. The van der Waals surface area contributed by atoms with E-state index in [1.165, 1.54) is 19.2 Å². The molecule has 0 spiro atoms. The minimum atomic E-state index is -1.00. The van der Waals surface area contributed by atoms with Crippen molar-refractivity contribution in [3.05, 3.63) is 46.3 Å². The highest BCUT2D eigenvalue weighted by molar-refractivity contribution is 5.93. The summed E-state index contributed by atoms with van der Waals surface area (Å²) >= 11 is 0. The van der Waals surface area contributed by atoms with Crippen molar-refractivity contribution >= 4 is 11.9 Å². The largest absolute Gasteiger partial charge is 0.496 e. The monoisotopic (exact) mass is 358 g/mol. The zero-order valence-electron chi connectivity index (χ0n) is 14.7. The minimum Gasteiger partial charge on any atom is -0.496 e. The van der Waals surface area contributed by atoms with Crippen molar-refractivity contribution < 1.29 is 24.0 Å². The van der Waals surface area contributed by atoms with Gasteiger partial charge in [0.2, 0.25) is 0 Å². The van der Waals surface area contributed by atoms with E-state index in [1.807, 2.05) is 0 Å². The molecule has 2 aromatic rings. The SMILES string of the molecule is COc1cc(C(=O)O)ccc1CCNC(=O)c1noc2c1CCCCC2. The summed E-state index contributed by atoms with van der Waals surface area (Å²) in [5.74, 6) is 0.0842. The number of hydrogen-bond donors (Lipinski definition) is 2. The maximum Gasteiger partial charge on any atom is 0.335 e. The standard InChI is InChI=1S/C19H22N2O5/c1-25-16-11-13(19(23)24)8-7-12(16)9-10-20-18(22)17-14-5-3-2-4-6-15(14)26-21-17/h7-8,11H,2-6,9-10H2,1H3,(H,20,22)(H,23,24). The maximum absolute atomic E-state index is 12.4. The van der Waals surface area contributed by atoms with Crippen LogP contribution < -0.4 is 10.1 Å². The molecule has 0 fully saturated rings. The first kappa shape index (κ1) is 18.0. The number of hydrogen-bond acceptors (Lipinski definition) is 5. The van der Waals surface area contributed by atoms with Crippen LogP contribution in [0.3, 0.4) is 0 Å². The normalized spacial score (nSPS) is 13.6. The van der Waals surface area contributed by atoms with Crippen LogP contribution in [0, 0.1) is 0 Å².